The zero-order chi connectivity index (χ0) is 11.7. The summed E-state index contributed by atoms with van der Waals surface area (Å²) < 4.78 is 11.8. The van der Waals surface area contributed by atoms with Crippen LogP contribution < -0.4 is 9.47 Å². The monoisotopic (exact) mass is 286 g/mol. The van der Waals surface area contributed by atoms with Crippen LogP contribution in [0.5, 0.6) is 11.5 Å². The molecule has 0 saturated heterocycles. The van der Waals surface area contributed by atoms with Gasteiger partial charge in [-0.2, -0.15) is 0 Å². The van der Waals surface area contributed by atoms with Crippen molar-refractivity contribution in [2.45, 2.75) is 32.8 Å². The van der Waals surface area contributed by atoms with Crippen LogP contribution >= 0.6 is 15.9 Å². The Morgan fingerprint density at radius 2 is 2.12 bits per heavy atom. The van der Waals surface area contributed by atoms with Gasteiger partial charge in [-0.25, -0.2) is 0 Å². The second-order valence-corrected chi connectivity index (χ2v) is 4.82. The molecule has 1 N–H and O–H groups in total. The molecule has 88 valence electrons. The summed E-state index contributed by atoms with van der Waals surface area (Å²) >= 11 is 3.46. The molecule has 0 fully saturated rings. The van der Waals surface area contributed by atoms with Gasteiger partial charge in [0, 0.05) is 5.56 Å². The Balaban J connectivity index is 2.49. The summed E-state index contributed by atoms with van der Waals surface area (Å²) in [6.45, 7) is 4.15. The van der Waals surface area contributed by atoms with E-state index in [9.17, 15) is 5.11 Å². The van der Waals surface area contributed by atoms with Gasteiger partial charge in [-0.3, -0.25) is 0 Å². The Morgan fingerprint density at radius 1 is 1.44 bits per heavy atom. The van der Waals surface area contributed by atoms with E-state index >= 15 is 0 Å². The first kappa shape index (κ1) is 11.7. The van der Waals surface area contributed by atoms with E-state index in [0.29, 0.717) is 6.42 Å². The summed E-state index contributed by atoms with van der Waals surface area (Å²) in [7, 11) is 0. The van der Waals surface area contributed by atoms with E-state index in [0.717, 1.165) is 33.5 Å². The van der Waals surface area contributed by atoms with Crippen LogP contribution in [0.2, 0.25) is 0 Å². The van der Waals surface area contributed by atoms with Crippen molar-refractivity contribution in [2.24, 2.45) is 0 Å². The van der Waals surface area contributed by atoms with Crippen molar-refractivity contribution in [2.75, 3.05) is 6.79 Å². The fourth-order valence-electron chi connectivity index (χ4n) is 2.02. The molecule has 0 aliphatic carbocycles. The van der Waals surface area contributed by atoms with Gasteiger partial charge in [-0.15, -0.1) is 0 Å². The molecule has 1 aliphatic rings. The SMILES string of the molecule is CCc1c(CC(C)O)cc(Br)c2c1OCO2. The lowest BCUT2D eigenvalue weighted by atomic mass is 9.99. The van der Waals surface area contributed by atoms with Crippen LogP contribution in [0.1, 0.15) is 25.0 Å². The average molecular weight is 287 g/mol. The minimum absolute atomic E-state index is 0.277. The Morgan fingerprint density at radius 3 is 2.75 bits per heavy atom. The Labute approximate surface area is 104 Å². The zero-order valence-corrected chi connectivity index (χ0v) is 11.0. The number of hydrogen-bond donors (Lipinski definition) is 1. The Hall–Kier alpha value is -0.740. The summed E-state index contributed by atoms with van der Waals surface area (Å²) in [5.74, 6) is 1.61. The molecule has 0 amide bonds. The number of hydrogen-bond acceptors (Lipinski definition) is 3. The summed E-state index contributed by atoms with van der Waals surface area (Å²) in [6.07, 6.45) is 1.16. The lowest BCUT2D eigenvalue weighted by molar-refractivity contribution is 0.172. The van der Waals surface area contributed by atoms with E-state index in [1.165, 1.54) is 0 Å². The maximum absolute atomic E-state index is 9.48. The van der Waals surface area contributed by atoms with Crippen LogP contribution in [0.4, 0.5) is 0 Å². The maximum Gasteiger partial charge on any atom is 0.231 e. The van der Waals surface area contributed by atoms with Gasteiger partial charge in [0.15, 0.2) is 11.5 Å². The molecule has 0 spiro atoms. The smallest absolute Gasteiger partial charge is 0.231 e. The summed E-state index contributed by atoms with van der Waals surface area (Å²) in [4.78, 5) is 0. The highest BCUT2D eigenvalue weighted by Crippen LogP contribution is 2.44. The molecule has 4 heteroatoms. The van der Waals surface area contributed by atoms with E-state index in [1.807, 2.05) is 6.07 Å². The molecule has 2 rings (SSSR count). The van der Waals surface area contributed by atoms with E-state index in [2.05, 4.69) is 22.9 Å². The Bertz CT molecular complexity index is 402. The molecule has 1 aromatic carbocycles. The summed E-state index contributed by atoms with van der Waals surface area (Å²) in [5, 5.41) is 9.48. The van der Waals surface area contributed by atoms with Crippen LogP contribution in [0.3, 0.4) is 0 Å². The van der Waals surface area contributed by atoms with Gasteiger partial charge in [0.1, 0.15) is 0 Å². The topological polar surface area (TPSA) is 38.7 Å². The third-order valence-corrected chi connectivity index (χ3v) is 3.25. The van der Waals surface area contributed by atoms with Crippen molar-refractivity contribution in [3.05, 3.63) is 21.7 Å². The summed E-state index contributed by atoms with van der Waals surface area (Å²) in [5.41, 5.74) is 2.25. The quantitative estimate of drug-likeness (QED) is 0.929. The first-order valence-electron chi connectivity index (χ1n) is 5.41. The zero-order valence-electron chi connectivity index (χ0n) is 9.42. The third kappa shape index (κ3) is 2.04. The van der Waals surface area contributed by atoms with Crippen LogP contribution in [0, 0.1) is 0 Å². The van der Waals surface area contributed by atoms with E-state index in [4.69, 9.17) is 9.47 Å². The Kier molecular flexibility index (Phi) is 3.40. The molecule has 1 unspecified atom stereocenters. The minimum atomic E-state index is -0.349. The molecule has 0 aromatic heterocycles. The first-order valence-corrected chi connectivity index (χ1v) is 6.20. The highest BCUT2D eigenvalue weighted by Gasteiger charge is 2.23. The number of fused-ring (bicyclic) bond motifs is 1. The molecule has 3 nitrogen and oxygen atoms in total. The molecule has 0 radical (unpaired) electrons. The van der Waals surface area contributed by atoms with Crippen LogP contribution in [0.25, 0.3) is 0 Å². The molecule has 1 aromatic rings. The van der Waals surface area contributed by atoms with E-state index in [-0.39, 0.29) is 12.9 Å². The largest absolute Gasteiger partial charge is 0.453 e. The van der Waals surface area contributed by atoms with Crippen molar-refractivity contribution in [1.82, 2.24) is 0 Å². The fourth-order valence-corrected chi connectivity index (χ4v) is 2.59. The van der Waals surface area contributed by atoms with Crippen LogP contribution in [0.15, 0.2) is 10.5 Å². The van der Waals surface area contributed by atoms with Gasteiger partial charge in [0.05, 0.1) is 10.6 Å². The number of aliphatic hydroxyl groups is 1. The maximum atomic E-state index is 9.48. The van der Waals surface area contributed by atoms with E-state index in [1.54, 1.807) is 6.92 Å². The number of ether oxygens (including phenoxy) is 2. The van der Waals surface area contributed by atoms with Gasteiger partial charge < -0.3 is 14.6 Å². The normalized spacial score (nSPS) is 15.2. The van der Waals surface area contributed by atoms with Gasteiger partial charge in [-0.1, -0.05) is 6.92 Å². The van der Waals surface area contributed by atoms with Gasteiger partial charge in [0.25, 0.3) is 0 Å². The van der Waals surface area contributed by atoms with Crippen molar-refractivity contribution < 1.29 is 14.6 Å². The number of aliphatic hydroxyl groups excluding tert-OH is 1. The lowest BCUT2D eigenvalue weighted by Gasteiger charge is -2.13. The van der Waals surface area contributed by atoms with Crippen molar-refractivity contribution in [3.63, 3.8) is 0 Å². The molecular formula is C12H15BrO3. The van der Waals surface area contributed by atoms with Crippen molar-refractivity contribution in [3.8, 4) is 11.5 Å². The predicted molar refractivity (Wildman–Crippen MR) is 65.0 cm³/mol. The van der Waals surface area contributed by atoms with Gasteiger partial charge >= 0.3 is 0 Å². The fraction of sp³-hybridized carbons (Fsp3) is 0.500. The number of rotatable bonds is 3. The second kappa shape index (κ2) is 4.63. The highest BCUT2D eigenvalue weighted by atomic mass is 79.9. The minimum Gasteiger partial charge on any atom is -0.453 e. The number of benzene rings is 1. The predicted octanol–water partition coefficient (Wildman–Crippen LogP) is 2.66. The van der Waals surface area contributed by atoms with Gasteiger partial charge in [0.2, 0.25) is 6.79 Å². The van der Waals surface area contributed by atoms with Crippen molar-refractivity contribution >= 4 is 15.9 Å². The highest BCUT2D eigenvalue weighted by molar-refractivity contribution is 9.10. The van der Waals surface area contributed by atoms with Crippen LogP contribution in [-0.4, -0.2) is 18.0 Å². The average Bonchev–Trinajstić information content (AvgIpc) is 2.66. The number of halogens is 1. The second-order valence-electron chi connectivity index (χ2n) is 3.97. The molecule has 1 aliphatic heterocycles. The molecule has 1 atom stereocenters. The molecule has 0 saturated carbocycles. The van der Waals surface area contributed by atoms with Crippen LogP contribution in [-0.2, 0) is 12.8 Å². The molecule has 16 heavy (non-hydrogen) atoms. The summed E-state index contributed by atoms with van der Waals surface area (Å²) in [6, 6.07) is 2.01. The molecule has 0 bridgehead atoms. The first-order chi connectivity index (χ1) is 7.63. The molecular weight excluding hydrogens is 272 g/mol. The van der Waals surface area contributed by atoms with Crippen molar-refractivity contribution in [1.29, 1.82) is 0 Å². The molecule has 1 heterocycles. The van der Waals surface area contributed by atoms with E-state index < -0.39 is 0 Å². The third-order valence-electron chi connectivity index (χ3n) is 2.66. The standard InChI is InChI=1S/C12H15BrO3/c1-3-9-8(4-7(2)14)5-10(13)12-11(9)15-6-16-12/h5,7,14H,3-4,6H2,1-2H3. The van der Waals surface area contributed by atoms with Gasteiger partial charge in [-0.05, 0) is 47.3 Å². The lowest BCUT2D eigenvalue weighted by Crippen LogP contribution is -2.07.